The zero-order chi connectivity index (χ0) is 14.1. The number of carboxylic acid groups (broad SMARTS) is 1. The minimum absolute atomic E-state index is 0.0356. The molecule has 0 radical (unpaired) electrons. The van der Waals surface area contributed by atoms with Gasteiger partial charge in [0.05, 0.1) is 6.61 Å². The molecule has 3 rings (SSSR count). The van der Waals surface area contributed by atoms with Gasteiger partial charge >= 0.3 is 5.97 Å². The fourth-order valence-corrected chi connectivity index (χ4v) is 2.84. The quantitative estimate of drug-likeness (QED) is 0.893. The van der Waals surface area contributed by atoms with Crippen LogP contribution in [0.5, 0.6) is 0 Å². The SMILES string of the molecule is O=C(O)c1cc2cc(CN3CCCC3CO)ccc2o1. The van der Waals surface area contributed by atoms with Gasteiger partial charge in [0, 0.05) is 18.0 Å². The van der Waals surface area contributed by atoms with Crippen molar-refractivity contribution in [3.63, 3.8) is 0 Å². The van der Waals surface area contributed by atoms with Gasteiger partial charge in [0.25, 0.3) is 0 Å². The van der Waals surface area contributed by atoms with E-state index in [0.29, 0.717) is 5.58 Å². The fourth-order valence-electron chi connectivity index (χ4n) is 2.84. The Hall–Kier alpha value is -1.85. The zero-order valence-corrected chi connectivity index (χ0v) is 11.1. The van der Waals surface area contributed by atoms with E-state index in [1.54, 1.807) is 12.1 Å². The van der Waals surface area contributed by atoms with Crippen molar-refractivity contribution >= 4 is 16.9 Å². The average molecular weight is 275 g/mol. The third-order valence-corrected chi connectivity index (χ3v) is 3.89. The highest BCUT2D eigenvalue weighted by atomic mass is 16.4. The normalized spacial score (nSPS) is 19.8. The number of hydrogen-bond donors (Lipinski definition) is 2. The van der Waals surface area contributed by atoms with Crippen LogP contribution >= 0.6 is 0 Å². The van der Waals surface area contributed by atoms with Crippen molar-refractivity contribution in [2.75, 3.05) is 13.2 Å². The first-order valence-electron chi connectivity index (χ1n) is 6.78. The maximum Gasteiger partial charge on any atom is 0.371 e. The van der Waals surface area contributed by atoms with Gasteiger partial charge in [-0.05, 0) is 43.1 Å². The molecule has 0 spiro atoms. The van der Waals surface area contributed by atoms with Crippen LogP contribution in [-0.2, 0) is 6.54 Å². The summed E-state index contributed by atoms with van der Waals surface area (Å²) in [6.45, 7) is 1.96. The third-order valence-electron chi connectivity index (χ3n) is 3.89. The Balaban J connectivity index is 1.83. The van der Waals surface area contributed by atoms with E-state index in [9.17, 15) is 9.90 Å². The van der Waals surface area contributed by atoms with Crippen molar-refractivity contribution in [3.8, 4) is 0 Å². The van der Waals surface area contributed by atoms with Crippen molar-refractivity contribution in [3.05, 3.63) is 35.6 Å². The molecule has 1 aromatic carbocycles. The maximum atomic E-state index is 10.9. The summed E-state index contributed by atoms with van der Waals surface area (Å²) in [6, 6.07) is 7.50. The molecule has 106 valence electrons. The summed E-state index contributed by atoms with van der Waals surface area (Å²) in [4.78, 5) is 13.1. The number of carboxylic acids is 1. The summed E-state index contributed by atoms with van der Waals surface area (Å²) >= 11 is 0. The van der Waals surface area contributed by atoms with Crippen LogP contribution in [0.25, 0.3) is 11.0 Å². The summed E-state index contributed by atoms with van der Waals surface area (Å²) in [5.41, 5.74) is 1.70. The van der Waals surface area contributed by atoms with Crippen LogP contribution in [0.2, 0.25) is 0 Å². The summed E-state index contributed by atoms with van der Waals surface area (Å²) in [5, 5.41) is 19.1. The Labute approximate surface area is 116 Å². The molecule has 1 aromatic heterocycles. The number of benzene rings is 1. The number of aliphatic hydroxyl groups is 1. The molecule has 1 saturated heterocycles. The predicted molar refractivity (Wildman–Crippen MR) is 73.7 cm³/mol. The van der Waals surface area contributed by atoms with E-state index in [1.165, 1.54) is 0 Å². The van der Waals surface area contributed by atoms with Gasteiger partial charge in [-0.2, -0.15) is 0 Å². The van der Waals surface area contributed by atoms with Gasteiger partial charge in [-0.15, -0.1) is 0 Å². The predicted octanol–water partition coefficient (Wildman–Crippen LogP) is 2.09. The number of rotatable bonds is 4. The van der Waals surface area contributed by atoms with Crippen molar-refractivity contribution < 1.29 is 19.4 Å². The number of aliphatic hydroxyl groups excluding tert-OH is 1. The molecule has 0 aliphatic carbocycles. The van der Waals surface area contributed by atoms with Crippen LogP contribution in [0.1, 0.15) is 29.0 Å². The first kappa shape index (κ1) is 13.1. The molecule has 1 fully saturated rings. The van der Waals surface area contributed by atoms with Gasteiger partial charge in [-0.3, -0.25) is 4.90 Å². The molecule has 1 aliphatic rings. The number of likely N-dealkylation sites (tertiary alicyclic amines) is 1. The molecule has 5 heteroatoms. The van der Waals surface area contributed by atoms with Crippen LogP contribution in [0.3, 0.4) is 0 Å². The monoisotopic (exact) mass is 275 g/mol. The second kappa shape index (κ2) is 5.26. The topological polar surface area (TPSA) is 73.9 Å². The van der Waals surface area contributed by atoms with Crippen LogP contribution in [0, 0.1) is 0 Å². The molecule has 1 aliphatic heterocycles. The fraction of sp³-hybridized carbons (Fsp3) is 0.400. The van der Waals surface area contributed by atoms with E-state index in [-0.39, 0.29) is 18.4 Å². The van der Waals surface area contributed by atoms with E-state index in [0.717, 1.165) is 36.9 Å². The molecule has 0 amide bonds. The summed E-state index contributed by atoms with van der Waals surface area (Å²) in [5.74, 6) is -1.09. The van der Waals surface area contributed by atoms with Crippen LogP contribution in [0.15, 0.2) is 28.7 Å². The molecule has 0 bridgehead atoms. The lowest BCUT2D eigenvalue weighted by molar-refractivity contribution is 0.0665. The second-order valence-electron chi connectivity index (χ2n) is 5.24. The Morgan fingerprint density at radius 1 is 1.40 bits per heavy atom. The number of carbonyl (C=O) groups is 1. The number of aromatic carboxylic acids is 1. The first-order valence-corrected chi connectivity index (χ1v) is 6.78. The Morgan fingerprint density at radius 3 is 3.00 bits per heavy atom. The molecular formula is C15H17NO4. The summed E-state index contributed by atoms with van der Waals surface area (Å²) < 4.78 is 5.24. The van der Waals surface area contributed by atoms with Gasteiger partial charge in [0.1, 0.15) is 5.58 Å². The van der Waals surface area contributed by atoms with Gasteiger partial charge in [0.15, 0.2) is 0 Å². The number of nitrogens with zero attached hydrogens (tertiary/aromatic N) is 1. The second-order valence-corrected chi connectivity index (χ2v) is 5.24. The molecule has 1 unspecified atom stereocenters. The minimum Gasteiger partial charge on any atom is -0.475 e. The van der Waals surface area contributed by atoms with E-state index in [1.807, 2.05) is 12.1 Å². The molecule has 2 heterocycles. The zero-order valence-electron chi connectivity index (χ0n) is 11.1. The van der Waals surface area contributed by atoms with Gasteiger partial charge in [0.2, 0.25) is 5.76 Å². The van der Waals surface area contributed by atoms with Gasteiger partial charge < -0.3 is 14.6 Å². The Bertz CT molecular complexity index is 634. The lowest BCUT2D eigenvalue weighted by Gasteiger charge is -2.22. The molecule has 20 heavy (non-hydrogen) atoms. The van der Waals surface area contributed by atoms with Crippen LogP contribution in [0.4, 0.5) is 0 Å². The van der Waals surface area contributed by atoms with Crippen molar-refractivity contribution in [2.24, 2.45) is 0 Å². The minimum atomic E-state index is -1.05. The molecule has 1 atom stereocenters. The van der Waals surface area contributed by atoms with E-state index < -0.39 is 5.97 Å². The number of hydrogen-bond acceptors (Lipinski definition) is 4. The number of furan rings is 1. The maximum absolute atomic E-state index is 10.9. The van der Waals surface area contributed by atoms with E-state index >= 15 is 0 Å². The molecule has 2 aromatic rings. The molecule has 5 nitrogen and oxygen atoms in total. The van der Waals surface area contributed by atoms with Crippen molar-refractivity contribution in [2.45, 2.75) is 25.4 Å². The highest BCUT2D eigenvalue weighted by Crippen LogP contribution is 2.24. The average Bonchev–Trinajstić information content (AvgIpc) is 3.04. The molecule has 0 saturated carbocycles. The summed E-state index contributed by atoms with van der Waals surface area (Å²) in [6.07, 6.45) is 2.15. The highest BCUT2D eigenvalue weighted by molar-refractivity contribution is 5.91. The van der Waals surface area contributed by atoms with Gasteiger partial charge in [-0.1, -0.05) is 6.07 Å². The van der Waals surface area contributed by atoms with E-state index in [4.69, 9.17) is 9.52 Å². The lowest BCUT2D eigenvalue weighted by atomic mass is 10.1. The van der Waals surface area contributed by atoms with Crippen LogP contribution < -0.4 is 0 Å². The van der Waals surface area contributed by atoms with E-state index in [2.05, 4.69) is 4.90 Å². The standard InChI is InChI=1S/C15H17NO4/c17-9-12-2-1-5-16(12)8-10-3-4-13-11(6-10)7-14(20-13)15(18)19/h3-4,6-7,12,17H,1-2,5,8-9H2,(H,18,19). The smallest absolute Gasteiger partial charge is 0.371 e. The van der Waals surface area contributed by atoms with Crippen molar-refractivity contribution in [1.29, 1.82) is 0 Å². The Kier molecular flexibility index (Phi) is 3.46. The lowest BCUT2D eigenvalue weighted by Crippen LogP contribution is -2.31. The Morgan fingerprint density at radius 2 is 2.25 bits per heavy atom. The number of fused-ring (bicyclic) bond motifs is 1. The largest absolute Gasteiger partial charge is 0.475 e. The molecular weight excluding hydrogens is 258 g/mol. The molecule has 2 N–H and O–H groups in total. The highest BCUT2D eigenvalue weighted by Gasteiger charge is 2.23. The first-order chi connectivity index (χ1) is 9.67. The summed E-state index contributed by atoms with van der Waals surface area (Å²) in [7, 11) is 0. The van der Waals surface area contributed by atoms with Crippen LogP contribution in [-0.4, -0.2) is 40.3 Å². The van der Waals surface area contributed by atoms with Crippen molar-refractivity contribution in [1.82, 2.24) is 4.90 Å². The van der Waals surface area contributed by atoms with Gasteiger partial charge in [-0.25, -0.2) is 4.79 Å². The third kappa shape index (κ3) is 2.42.